The van der Waals surface area contributed by atoms with E-state index >= 15 is 0 Å². The van der Waals surface area contributed by atoms with Crippen LogP contribution in [0.2, 0.25) is 0 Å². The van der Waals surface area contributed by atoms with Crippen LogP contribution >= 0.6 is 15.9 Å². The Morgan fingerprint density at radius 2 is 2.18 bits per heavy atom. The van der Waals surface area contributed by atoms with Gasteiger partial charge in [-0.1, -0.05) is 22.0 Å². The first-order valence-corrected chi connectivity index (χ1v) is 6.59. The molecule has 0 aromatic heterocycles. The number of carbonyl (C=O) groups is 1. The number of carbonyl (C=O) groups excluding carboxylic acids is 1. The van der Waals surface area contributed by atoms with Gasteiger partial charge in [0.25, 0.3) is 0 Å². The van der Waals surface area contributed by atoms with Gasteiger partial charge in [0.1, 0.15) is 0 Å². The number of hydrogen-bond donors (Lipinski definition) is 2. The first-order chi connectivity index (χ1) is 8.13. The van der Waals surface area contributed by atoms with E-state index in [-0.39, 0.29) is 5.91 Å². The Labute approximate surface area is 111 Å². The molecule has 3 nitrogen and oxygen atoms in total. The Kier molecular flexibility index (Phi) is 6.22. The van der Waals surface area contributed by atoms with Gasteiger partial charge >= 0.3 is 0 Å². The molecule has 0 atom stereocenters. The number of halogens is 1. The number of hydrogen-bond acceptors (Lipinski definition) is 2. The molecule has 0 unspecified atom stereocenters. The maximum absolute atomic E-state index is 11.5. The monoisotopic (exact) mass is 298 g/mol. The predicted molar refractivity (Wildman–Crippen MR) is 73.9 cm³/mol. The smallest absolute Gasteiger partial charge is 0.220 e. The lowest BCUT2D eigenvalue weighted by molar-refractivity contribution is -0.121. The fourth-order valence-electron chi connectivity index (χ4n) is 1.57. The molecule has 1 aromatic carbocycles. The minimum atomic E-state index is 0.113. The second-order valence-corrected chi connectivity index (χ2v) is 4.97. The Morgan fingerprint density at radius 1 is 1.41 bits per heavy atom. The van der Waals surface area contributed by atoms with Crippen LogP contribution in [0, 0.1) is 6.92 Å². The Bertz CT molecular complexity index is 380. The third kappa shape index (κ3) is 5.33. The largest absolute Gasteiger partial charge is 0.352 e. The van der Waals surface area contributed by atoms with Crippen molar-refractivity contribution in [3.05, 3.63) is 33.8 Å². The van der Waals surface area contributed by atoms with Crippen molar-refractivity contribution >= 4 is 21.8 Å². The van der Waals surface area contributed by atoms with Gasteiger partial charge in [0.2, 0.25) is 5.91 Å². The molecule has 0 saturated carbocycles. The lowest BCUT2D eigenvalue weighted by Crippen LogP contribution is -2.24. The Balaban J connectivity index is 2.37. The molecule has 0 fully saturated rings. The van der Waals surface area contributed by atoms with E-state index < -0.39 is 0 Å². The van der Waals surface area contributed by atoms with E-state index in [1.54, 1.807) is 0 Å². The molecule has 0 spiro atoms. The summed E-state index contributed by atoms with van der Waals surface area (Å²) in [5.41, 5.74) is 2.35. The second-order valence-electron chi connectivity index (χ2n) is 4.05. The van der Waals surface area contributed by atoms with Gasteiger partial charge in [-0.2, -0.15) is 0 Å². The average Bonchev–Trinajstić information content (AvgIpc) is 2.28. The summed E-state index contributed by atoms with van der Waals surface area (Å²) in [6.45, 7) is 3.54. The summed E-state index contributed by atoms with van der Waals surface area (Å²) in [6.07, 6.45) is 1.46. The molecule has 17 heavy (non-hydrogen) atoms. The van der Waals surface area contributed by atoms with Gasteiger partial charge in [0.05, 0.1) is 0 Å². The van der Waals surface area contributed by atoms with E-state index in [4.69, 9.17) is 0 Å². The summed E-state index contributed by atoms with van der Waals surface area (Å²) in [6, 6.07) is 6.09. The highest BCUT2D eigenvalue weighted by molar-refractivity contribution is 9.10. The van der Waals surface area contributed by atoms with E-state index in [0.29, 0.717) is 13.0 Å². The van der Waals surface area contributed by atoms with Crippen molar-refractivity contribution in [3.8, 4) is 0 Å². The molecule has 1 aromatic rings. The van der Waals surface area contributed by atoms with Gasteiger partial charge < -0.3 is 10.6 Å². The fourth-order valence-corrected chi connectivity index (χ4v) is 2.04. The molecule has 0 aliphatic rings. The van der Waals surface area contributed by atoms with Crippen molar-refractivity contribution in [2.24, 2.45) is 0 Å². The molecule has 1 rings (SSSR count). The molecule has 4 heteroatoms. The summed E-state index contributed by atoms with van der Waals surface area (Å²) < 4.78 is 1.07. The molecule has 2 N–H and O–H groups in total. The molecule has 0 heterocycles. The van der Waals surface area contributed by atoms with E-state index in [9.17, 15) is 4.79 Å². The quantitative estimate of drug-likeness (QED) is 0.792. The lowest BCUT2D eigenvalue weighted by Gasteiger charge is -2.08. The van der Waals surface area contributed by atoms with Crippen LogP contribution in [0.4, 0.5) is 0 Å². The maximum Gasteiger partial charge on any atom is 0.220 e. The number of aryl methyl sites for hydroxylation is 1. The van der Waals surface area contributed by atoms with Gasteiger partial charge in [0.15, 0.2) is 0 Å². The molecule has 0 radical (unpaired) electrons. The zero-order valence-corrected chi connectivity index (χ0v) is 11.9. The second kappa shape index (κ2) is 7.45. The normalized spacial score (nSPS) is 10.3. The first-order valence-electron chi connectivity index (χ1n) is 5.80. The third-order valence-corrected chi connectivity index (χ3v) is 3.10. The number of rotatable bonds is 6. The van der Waals surface area contributed by atoms with Crippen molar-refractivity contribution in [2.75, 3.05) is 13.6 Å². The standard InChI is InChI=1S/C13H19BrN2O/c1-10-8-12(14)6-5-11(10)9-16-13(17)4-3-7-15-2/h5-6,8,15H,3-4,7,9H2,1-2H3,(H,16,17). The summed E-state index contributed by atoms with van der Waals surface area (Å²) >= 11 is 3.42. The van der Waals surface area contributed by atoms with Crippen molar-refractivity contribution in [2.45, 2.75) is 26.3 Å². The van der Waals surface area contributed by atoms with Gasteiger partial charge in [-0.3, -0.25) is 4.79 Å². The van der Waals surface area contributed by atoms with Crippen molar-refractivity contribution in [3.63, 3.8) is 0 Å². The molecule has 0 aliphatic heterocycles. The fraction of sp³-hybridized carbons (Fsp3) is 0.462. The van der Waals surface area contributed by atoms with Crippen LogP contribution in [0.3, 0.4) is 0 Å². The van der Waals surface area contributed by atoms with Crippen molar-refractivity contribution in [1.82, 2.24) is 10.6 Å². The van der Waals surface area contributed by atoms with E-state index in [1.165, 1.54) is 5.56 Å². The van der Waals surface area contributed by atoms with Crippen LogP contribution in [-0.4, -0.2) is 19.5 Å². The minimum absolute atomic E-state index is 0.113. The Hall–Kier alpha value is -0.870. The molecular weight excluding hydrogens is 280 g/mol. The third-order valence-electron chi connectivity index (χ3n) is 2.61. The maximum atomic E-state index is 11.5. The highest BCUT2D eigenvalue weighted by Crippen LogP contribution is 2.15. The topological polar surface area (TPSA) is 41.1 Å². The van der Waals surface area contributed by atoms with Gasteiger partial charge in [-0.05, 0) is 50.2 Å². The van der Waals surface area contributed by atoms with Crippen molar-refractivity contribution in [1.29, 1.82) is 0 Å². The Morgan fingerprint density at radius 3 is 2.82 bits per heavy atom. The highest BCUT2D eigenvalue weighted by atomic mass is 79.9. The molecule has 1 amide bonds. The summed E-state index contributed by atoms with van der Waals surface area (Å²) in [5.74, 6) is 0.113. The van der Waals surface area contributed by atoms with Gasteiger partial charge in [-0.25, -0.2) is 0 Å². The molecular formula is C13H19BrN2O. The predicted octanol–water partition coefficient (Wildman–Crippen LogP) is 2.37. The van der Waals surface area contributed by atoms with Crippen LogP contribution in [0.1, 0.15) is 24.0 Å². The van der Waals surface area contributed by atoms with Crippen LogP contribution in [-0.2, 0) is 11.3 Å². The molecule has 0 bridgehead atoms. The molecule has 0 saturated heterocycles. The number of amides is 1. The first kappa shape index (κ1) is 14.2. The SMILES string of the molecule is CNCCCC(=O)NCc1ccc(Br)cc1C. The highest BCUT2D eigenvalue weighted by Gasteiger charge is 2.03. The zero-order valence-electron chi connectivity index (χ0n) is 10.3. The summed E-state index contributed by atoms with van der Waals surface area (Å²) in [5, 5.41) is 5.96. The van der Waals surface area contributed by atoms with Crippen LogP contribution in [0.5, 0.6) is 0 Å². The number of nitrogens with one attached hydrogen (secondary N) is 2. The van der Waals surface area contributed by atoms with Crippen LogP contribution < -0.4 is 10.6 Å². The minimum Gasteiger partial charge on any atom is -0.352 e. The average molecular weight is 299 g/mol. The van der Waals surface area contributed by atoms with E-state index in [2.05, 4.69) is 32.6 Å². The van der Waals surface area contributed by atoms with Crippen LogP contribution in [0.25, 0.3) is 0 Å². The van der Waals surface area contributed by atoms with E-state index in [1.807, 2.05) is 26.1 Å². The molecule has 0 aliphatic carbocycles. The van der Waals surface area contributed by atoms with Crippen LogP contribution in [0.15, 0.2) is 22.7 Å². The summed E-state index contributed by atoms with van der Waals surface area (Å²) in [4.78, 5) is 11.5. The van der Waals surface area contributed by atoms with Gasteiger partial charge in [-0.15, -0.1) is 0 Å². The summed E-state index contributed by atoms with van der Waals surface area (Å²) in [7, 11) is 1.89. The molecule has 94 valence electrons. The number of benzene rings is 1. The van der Waals surface area contributed by atoms with Gasteiger partial charge in [0, 0.05) is 17.4 Å². The van der Waals surface area contributed by atoms with Crippen molar-refractivity contribution < 1.29 is 4.79 Å². The zero-order chi connectivity index (χ0) is 12.7. The van der Waals surface area contributed by atoms with E-state index in [0.717, 1.165) is 23.0 Å². The lowest BCUT2D eigenvalue weighted by atomic mass is 10.1.